The molecule has 0 unspecified atom stereocenters. The zero-order valence-corrected chi connectivity index (χ0v) is 17.1. The maximum absolute atomic E-state index is 12.9. The van der Waals surface area contributed by atoms with Crippen LogP contribution in [0.4, 0.5) is 18.2 Å². The lowest BCUT2D eigenvalue weighted by molar-refractivity contribution is -0.137. The molecule has 1 N–H and O–H groups in total. The smallest absolute Gasteiger partial charge is 0.416 e. The first kappa shape index (κ1) is 21.8. The number of nitrogens with zero attached hydrogens (tertiary/aromatic N) is 1. The summed E-state index contributed by atoms with van der Waals surface area (Å²) in [5.41, 5.74) is -0.240. The molecule has 0 saturated carbocycles. The molecule has 1 aromatic carbocycles. The van der Waals surface area contributed by atoms with Gasteiger partial charge in [0.05, 0.1) is 24.3 Å². The molecule has 0 fully saturated rings. The summed E-state index contributed by atoms with van der Waals surface area (Å²) in [6.07, 6.45) is -4.16. The number of amides is 2. The van der Waals surface area contributed by atoms with Gasteiger partial charge in [0.15, 0.2) is 0 Å². The van der Waals surface area contributed by atoms with Crippen molar-refractivity contribution in [2.75, 3.05) is 18.5 Å². The zero-order chi connectivity index (χ0) is 22.1. The van der Waals surface area contributed by atoms with Gasteiger partial charge in [0, 0.05) is 23.9 Å². The van der Waals surface area contributed by atoms with Crippen LogP contribution in [0.2, 0.25) is 0 Å². The SMILES string of the molecule is CCOC(=O)c1c(NC(=O)c2cccc(C(F)(F)F)c2)sc2c1CCN(C(C)=O)C2. The lowest BCUT2D eigenvalue weighted by Gasteiger charge is -2.25. The second-order valence-electron chi connectivity index (χ2n) is 6.65. The summed E-state index contributed by atoms with van der Waals surface area (Å²) in [5, 5.41) is 2.75. The van der Waals surface area contributed by atoms with Gasteiger partial charge in [-0.15, -0.1) is 11.3 Å². The van der Waals surface area contributed by atoms with Crippen LogP contribution in [0.25, 0.3) is 0 Å². The summed E-state index contributed by atoms with van der Waals surface area (Å²) in [4.78, 5) is 39.2. The molecule has 1 aromatic heterocycles. The van der Waals surface area contributed by atoms with Crippen molar-refractivity contribution in [3.05, 3.63) is 51.4 Å². The molecule has 10 heteroatoms. The van der Waals surface area contributed by atoms with Crippen LogP contribution in [-0.2, 0) is 28.7 Å². The minimum absolute atomic E-state index is 0.110. The highest BCUT2D eigenvalue weighted by Crippen LogP contribution is 2.38. The number of nitrogens with one attached hydrogen (secondary N) is 1. The van der Waals surface area contributed by atoms with E-state index in [1.54, 1.807) is 11.8 Å². The van der Waals surface area contributed by atoms with Crippen LogP contribution in [0.1, 0.15) is 50.6 Å². The van der Waals surface area contributed by atoms with Crippen molar-refractivity contribution < 1.29 is 32.3 Å². The standard InChI is InChI=1S/C20H19F3N2O4S/c1-3-29-19(28)16-14-7-8-25(11(2)26)10-15(14)30-18(16)24-17(27)12-5-4-6-13(9-12)20(21,22)23/h4-6,9H,3,7-8,10H2,1-2H3,(H,24,27). The van der Waals surface area contributed by atoms with Crippen molar-refractivity contribution in [2.24, 2.45) is 0 Å². The van der Waals surface area contributed by atoms with E-state index in [-0.39, 0.29) is 28.6 Å². The van der Waals surface area contributed by atoms with Crippen molar-refractivity contribution in [3.63, 3.8) is 0 Å². The molecule has 2 amide bonds. The second kappa shape index (κ2) is 8.47. The van der Waals surface area contributed by atoms with E-state index in [0.29, 0.717) is 25.1 Å². The number of carbonyl (C=O) groups is 3. The Morgan fingerprint density at radius 1 is 1.27 bits per heavy atom. The molecular formula is C20H19F3N2O4S. The van der Waals surface area contributed by atoms with E-state index in [9.17, 15) is 27.6 Å². The molecule has 0 atom stereocenters. The average molecular weight is 440 g/mol. The maximum atomic E-state index is 12.9. The molecule has 0 aliphatic carbocycles. The third-order valence-electron chi connectivity index (χ3n) is 4.66. The van der Waals surface area contributed by atoms with E-state index in [2.05, 4.69) is 5.32 Å². The van der Waals surface area contributed by atoms with E-state index in [1.165, 1.54) is 13.0 Å². The fourth-order valence-electron chi connectivity index (χ4n) is 3.19. The van der Waals surface area contributed by atoms with Crippen LogP contribution in [0, 0.1) is 0 Å². The topological polar surface area (TPSA) is 75.7 Å². The van der Waals surface area contributed by atoms with Crippen molar-refractivity contribution in [3.8, 4) is 0 Å². The highest BCUT2D eigenvalue weighted by Gasteiger charge is 2.32. The number of alkyl halides is 3. The molecule has 1 aliphatic rings. The van der Waals surface area contributed by atoms with Crippen molar-refractivity contribution >= 4 is 34.1 Å². The monoisotopic (exact) mass is 440 g/mol. The quantitative estimate of drug-likeness (QED) is 0.727. The predicted molar refractivity (Wildman–Crippen MR) is 104 cm³/mol. The Bertz CT molecular complexity index is 1000. The first-order valence-corrected chi connectivity index (χ1v) is 9.99. The number of fused-ring (bicyclic) bond motifs is 1. The van der Waals surface area contributed by atoms with Crippen molar-refractivity contribution in [2.45, 2.75) is 33.0 Å². The normalized spacial score (nSPS) is 13.6. The fourth-order valence-corrected chi connectivity index (χ4v) is 4.44. The molecule has 0 saturated heterocycles. The molecule has 2 heterocycles. The number of anilines is 1. The zero-order valence-electron chi connectivity index (χ0n) is 16.3. The third-order valence-corrected chi connectivity index (χ3v) is 5.79. The number of ether oxygens (including phenoxy) is 1. The Balaban J connectivity index is 1.94. The van der Waals surface area contributed by atoms with Gasteiger partial charge in [0.1, 0.15) is 5.00 Å². The highest BCUT2D eigenvalue weighted by atomic mass is 32.1. The van der Waals surface area contributed by atoms with Crippen LogP contribution >= 0.6 is 11.3 Å². The summed E-state index contributed by atoms with van der Waals surface area (Å²) >= 11 is 1.12. The Morgan fingerprint density at radius 2 is 2.00 bits per heavy atom. The van der Waals surface area contributed by atoms with Gasteiger partial charge in [-0.2, -0.15) is 13.2 Å². The molecule has 6 nitrogen and oxygen atoms in total. The molecule has 0 radical (unpaired) electrons. The summed E-state index contributed by atoms with van der Waals surface area (Å²) in [6, 6.07) is 4.04. The second-order valence-corrected chi connectivity index (χ2v) is 7.76. The molecule has 3 rings (SSSR count). The van der Waals surface area contributed by atoms with Crippen molar-refractivity contribution in [1.82, 2.24) is 4.90 Å². The van der Waals surface area contributed by atoms with Crippen LogP contribution in [0.5, 0.6) is 0 Å². The van der Waals surface area contributed by atoms with E-state index in [4.69, 9.17) is 4.74 Å². The van der Waals surface area contributed by atoms with Crippen LogP contribution in [-0.4, -0.2) is 35.8 Å². The summed E-state index contributed by atoms with van der Waals surface area (Å²) in [5.74, 6) is -1.50. The van der Waals surface area contributed by atoms with Crippen LogP contribution < -0.4 is 5.32 Å². The van der Waals surface area contributed by atoms with Gasteiger partial charge in [-0.05, 0) is 37.1 Å². The van der Waals surface area contributed by atoms with Gasteiger partial charge in [0.2, 0.25) is 5.91 Å². The minimum Gasteiger partial charge on any atom is -0.462 e. The number of carbonyl (C=O) groups excluding carboxylic acids is 3. The molecule has 30 heavy (non-hydrogen) atoms. The number of hydrogen-bond donors (Lipinski definition) is 1. The number of benzene rings is 1. The third kappa shape index (κ3) is 4.48. The highest BCUT2D eigenvalue weighted by molar-refractivity contribution is 7.17. The maximum Gasteiger partial charge on any atom is 0.416 e. The predicted octanol–water partition coefficient (Wildman–Crippen LogP) is 4.10. The van der Waals surface area contributed by atoms with Crippen LogP contribution in [0.15, 0.2) is 24.3 Å². The lowest BCUT2D eigenvalue weighted by Crippen LogP contribution is -2.34. The summed E-state index contributed by atoms with van der Waals surface area (Å²) in [7, 11) is 0. The molecule has 2 aromatic rings. The summed E-state index contributed by atoms with van der Waals surface area (Å²) < 4.78 is 43.9. The minimum atomic E-state index is -4.58. The molecule has 0 bridgehead atoms. The van der Waals surface area contributed by atoms with E-state index in [1.807, 2.05) is 0 Å². The van der Waals surface area contributed by atoms with Crippen LogP contribution in [0.3, 0.4) is 0 Å². The molecular weight excluding hydrogens is 421 g/mol. The first-order valence-electron chi connectivity index (χ1n) is 9.17. The van der Waals surface area contributed by atoms with Gasteiger partial charge >= 0.3 is 12.1 Å². The lowest BCUT2D eigenvalue weighted by atomic mass is 10.0. The average Bonchev–Trinajstić information content (AvgIpc) is 3.04. The Hall–Kier alpha value is -2.88. The van der Waals surface area contributed by atoms with E-state index < -0.39 is 23.6 Å². The number of rotatable bonds is 4. The van der Waals surface area contributed by atoms with Gasteiger partial charge in [-0.3, -0.25) is 9.59 Å². The molecule has 0 spiro atoms. The fraction of sp³-hybridized carbons (Fsp3) is 0.350. The van der Waals surface area contributed by atoms with Gasteiger partial charge in [-0.1, -0.05) is 6.07 Å². The number of hydrogen-bond acceptors (Lipinski definition) is 5. The van der Waals surface area contributed by atoms with Gasteiger partial charge in [0.25, 0.3) is 5.91 Å². The molecule has 1 aliphatic heterocycles. The Labute approximate surface area is 174 Å². The largest absolute Gasteiger partial charge is 0.462 e. The Morgan fingerprint density at radius 3 is 2.63 bits per heavy atom. The van der Waals surface area contributed by atoms with E-state index >= 15 is 0 Å². The first-order chi connectivity index (χ1) is 14.1. The number of thiophene rings is 1. The van der Waals surface area contributed by atoms with Gasteiger partial charge < -0.3 is 15.0 Å². The van der Waals surface area contributed by atoms with E-state index in [0.717, 1.165) is 34.4 Å². The van der Waals surface area contributed by atoms with Crippen molar-refractivity contribution in [1.29, 1.82) is 0 Å². The molecule has 160 valence electrons. The summed E-state index contributed by atoms with van der Waals surface area (Å²) in [6.45, 7) is 3.94. The van der Waals surface area contributed by atoms with Gasteiger partial charge in [-0.25, -0.2) is 4.79 Å². The number of esters is 1. The Kier molecular flexibility index (Phi) is 6.16. The number of halogens is 3.